The van der Waals surface area contributed by atoms with E-state index in [1.165, 1.54) is 0 Å². The number of carboxylic acid groups (broad SMARTS) is 1. The molecule has 0 radical (unpaired) electrons. The molecule has 0 aliphatic heterocycles. The number of esters is 1. The number of ether oxygens (including phenoxy) is 1. The van der Waals surface area contributed by atoms with Crippen molar-refractivity contribution >= 4 is 11.9 Å². The van der Waals surface area contributed by atoms with E-state index in [2.05, 4.69) is 6.58 Å². The lowest BCUT2D eigenvalue weighted by Gasteiger charge is -2.33. The number of carbonyl (C=O) groups is 2. The zero-order valence-electron chi connectivity index (χ0n) is 9.42. The molecule has 0 aromatic carbocycles. The molecule has 0 saturated heterocycles. The summed E-state index contributed by atoms with van der Waals surface area (Å²) in [6.07, 6.45) is 1.90. The second-order valence-corrected chi connectivity index (χ2v) is 4.57. The summed E-state index contributed by atoms with van der Waals surface area (Å²) < 4.78 is 5.14. The molecule has 0 aromatic rings. The molecule has 2 rings (SSSR count). The van der Waals surface area contributed by atoms with Crippen LogP contribution in [0.4, 0.5) is 0 Å². The van der Waals surface area contributed by atoms with Crippen molar-refractivity contribution in [2.45, 2.75) is 25.0 Å². The molecule has 5 nitrogen and oxygen atoms in total. The van der Waals surface area contributed by atoms with Gasteiger partial charge in [0.15, 0.2) is 5.60 Å². The molecule has 0 aromatic heterocycles. The summed E-state index contributed by atoms with van der Waals surface area (Å²) in [6.45, 7) is 5.09. The average molecular weight is 238 g/mol. The van der Waals surface area contributed by atoms with Gasteiger partial charge in [0.1, 0.15) is 6.10 Å². The van der Waals surface area contributed by atoms with Gasteiger partial charge in [-0.15, -0.1) is 0 Å². The molecule has 1 saturated carbocycles. The maximum absolute atomic E-state index is 11.3. The van der Waals surface area contributed by atoms with Crippen LogP contribution in [0.1, 0.15) is 13.3 Å². The van der Waals surface area contributed by atoms with E-state index in [1.54, 1.807) is 6.08 Å². The first kappa shape index (κ1) is 11.9. The van der Waals surface area contributed by atoms with Gasteiger partial charge in [-0.3, -0.25) is 0 Å². The Labute approximate surface area is 98.4 Å². The van der Waals surface area contributed by atoms with E-state index in [1.807, 2.05) is 6.92 Å². The minimum atomic E-state index is -1.40. The number of allylic oxidation sites excluding steroid dienone is 1. The van der Waals surface area contributed by atoms with Gasteiger partial charge in [0, 0.05) is 12.5 Å². The third kappa shape index (κ3) is 1.50. The number of hydrogen-bond acceptors (Lipinski definition) is 4. The Hall–Kier alpha value is -1.62. The highest BCUT2D eigenvalue weighted by atomic mass is 16.6. The lowest BCUT2D eigenvalue weighted by molar-refractivity contribution is -0.161. The van der Waals surface area contributed by atoms with Gasteiger partial charge in [-0.25, -0.2) is 9.59 Å². The lowest BCUT2D eigenvalue weighted by atomic mass is 9.85. The summed E-state index contributed by atoms with van der Waals surface area (Å²) in [7, 11) is 0. The van der Waals surface area contributed by atoms with Crippen LogP contribution in [0.5, 0.6) is 0 Å². The molecule has 17 heavy (non-hydrogen) atoms. The Morgan fingerprint density at radius 3 is 2.76 bits per heavy atom. The van der Waals surface area contributed by atoms with Crippen molar-refractivity contribution in [1.29, 1.82) is 0 Å². The summed E-state index contributed by atoms with van der Waals surface area (Å²) in [5, 5.41) is 19.2. The van der Waals surface area contributed by atoms with Crippen molar-refractivity contribution in [3.05, 3.63) is 24.3 Å². The smallest absolute Gasteiger partial charge is 0.335 e. The minimum Gasteiger partial charge on any atom is -0.478 e. The fourth-order valence-corrected chi connectivity index (χ4v) is 2.78. The van der Waals surface area contributed by atoms with Gasteiger partial charge in [0.2, 0.25) is 0 Å². The highest BCUT2D eigenvalue weighted by Crippen LogP contribution is 2.52. The molecule has 2 aliphatic rings. The quantitative estimate of drug-likeness (QED) is 0.552. The number of aliphatic hydroxyl groups is 1. The van der Waals surface area contributed by atoms with Crippen LogP contribution in [-0.4, -0.2) is 33.9 Å². The van der Waals surface area contributed by atoms with Gasteiger partial charge in [0.05, 0.1) is 5.57 Å². The molecule has 5 heteroatoms. The average Bonchev–Trinajstić information content (AvgIpc) is 2.76. The van der Waals surface area contributed by atoms with Crippen LogP contribution in [-0.2, 0) is 14.3 Å². The van der Waals surface area contributed by atoms with E-state index >= 15 is 0 Å². The van der Waals surface area contributed by atoms with Gasteiger partial charge >= 0.3 is 11.9 Å². The highest BCUT2D eigenvalue weighted by molar-refractivity contribution is 5.92. The van der Waals surface area contributed by atoms with Crippen LogP contribution in [0, 0.1) is 11.8 Å². The number of rotatable bonds is 3. The first-order valence-electron chi connectivity index (χ1n) is 5.41. The number of carboxylic acids is 1. The van der Waals surface area contributed by atoms with Gasteiger partial charge in [-0.1, -0.05) is 19.6 Å². The number of hydrogen-bond donors (Lipinski definition) is 2. The molecule has 4 atom stereocenters. The van der Waals surface area contributed by atoms with Crippen molar-refractivity contribution in [1.82, 2.24) is 0 Å². The SMILES string of the molecule is C=CC(=O)OC12CC(C=C1C(=O)O)C(C)C2O. The first-order valence-corrected chi connectivity index (χ1v) is 5.41. The number of carbonyl (C=O) groups excluding carboxylic acids is 1. The Morgan fingerprint density at radius 1 is 1.65 bits per heavy atom. The van der Waals surface area contributed by atoms with Crippen molar-refractivity contribution in [3.63, 3.8) is 0 Å². The molecule has 92 valence electrons. The summed E-state index contributed by atoms with van der Waals surface area (Å²) in [5.41, 5.74) is -1.43. The third-order valence-corrected chi connectivity index (χ3v) is 3.71. The molecule has 0 spiro atoms. The number of fused-ring (bicyclic) bond motifs is 2. The molecule has 1 fully saturated rings. The largest absolute Gasteiger partial charge is 0.478 e. The monoisotopic (exact) mass is 238 g/mol. The molecule has 0 heterocycles. The summed E-state index contributed by atoms with van der Waals surface area (Å²) in [5.74, 6) is -2.05. The molecule has 4 unspecified atom stereocenters. The second-order valence-electron chi connectivity index (χ2n) is 4.57. The normalized spacial score (nSPS) is 38.7. The minimum absolute atomic E-state index is 0.0247. The third-order valence-electron chi connectivity index (χ3n) is 3.71. The van der Waals surface area contributed by atoms with E-state index in [4.69, 9.17) is 9.84 Å². The lowest BCUT2D eigenvalue weighted by Crippen LogP contribution is -2.47. The van der Waals surface area contributed by atoms with Crippen molar-refractivity contribution < 1.29 is 24.5 Å². The number of aliphatic carboxylic acids is 1. The zero-order valence-corrected chi connectivity index (χ0v) is 9.42. The van der Waals surface area contributed by atoms with Crippen LogP contribution in [0.3, 0.4) is 0 Å². The summed E-state index contributed by atoms with van der Waals surface area (Å²) >= 11 is 0. The van der Waals surface area contributed by atoms with Crippen LogP contribution in [0.25, 0.3) is 0 Å². The molecule has 0 amide bonds. The Morgan fingerprint density at radius 2 is 2.29 bits per heavy atom. The Bertz CT molecular complexity index is 425. The fraction of sp³-hybridized carbons (Fsp3) is 0.500. The van der Waals surface area contributed by atoms with Crippen LogP contribution in [0.2, 0.25) is 0 Å². The van der Waals surface area contributed by atoms with Crippen LogP contribution >= 0.6 is 0 Å². The van der Waals surface area contributed by atoms with Gasteiger partial charge < -0.3 is 14.9 Å². The molecular weight excluding hydrogens is 224 g/mol. The summed E-state index contributed by atoms with van der Waals surface area (Å²) in [6, 6.07) is 0. The van der Waals surface area contributed by atoms with Crippen molar-refractivity contribution in [2.75, 3.05) is 0 Å². The Balaban J connectivity index is 2.40. The first-order chi connectivity index (χ1) is 7.92. The predicted octanol–water partition coefficient (Wildman–Crippen LogP) is 0.496. The van der Waals surface area contributed by atoms with E-state index in [9.17, 15) is 14.7 Å². The second kappa shape index (κ2) is 3.70. The van der Waals surface area contributed by atoms with Crippen molar-refractivity contribution in [3.8, 4) is 0 Å². The van der Waals surface area contributed by atoms with Gasteiger partial charge in [0.25, 0.3) is 0 Å². The van der Waals surface area contributed by atoms with Crippen molar-refractivity contribution in [2.24, 2.45) is 11.8 Å². The summed E-state index contributed by atoms with van der Waals surface area (Å²) in [4.78, 5) is 22.4. The highest BCUT2D eigenvalue weighted by Gasteiger charge is 2.61. The maximum Gasteiger partial charge on any atom is 0.335 e. The van der Waals surface area contributed by atoms with E-state index in [0.717, 1.165) is 6.08 Å². The molecular formula is C12H14O5. The number of aliphatic hydroxyl groups excluding tert-OH is 1. The topological polar surface area (TPSA) is 83.8 Å². The van der Waals surface area contributed by atoms with Gasteiger partial charge in [-0.05, 0) is 11.8 Å². The van der Waals surface area contributed by atoms with E-state index < -0.39 is 23.6 Å². The molecule has 2 bridgehead atoms. The van der Waals surface area contributed by atoms with Crippen LogP contribution < -0.4 is 0 Å². The van der Waals surface area contributed by atoms with E-state index in [0.29, 0.717) is 6.42 Å². The maximum atomic E-state index is 11.3. The van der Waals surface area contributed by atoms with Crippen LogP contribution in [0.15, 0.2) is 24.3 Å². The standard InChI is InChI=1S/C12H14O5/c1-3-9(13)17-12-5-7(6(2)10(12)14)4-8(12)11(15)16/h3-4,6-7,10,14H,1,5H2,2H3,(H,15,16). The Kier molecular flexibility index (Phi) is 2.58. The van der Waals surface area contributed by atoms with Gasteiger partial charge in [-0.2, -0.15) is 0 Å². The molecule has 2 N–H and O–H groups in total. The predicted molar refractivity (Wildman–Crippen MR) is 58.0 cm³/mol. The fourth-order valence-electron chi connectivity index (χ4n) is 2.78. The van der Waals surface area contributed by atoms with E-state index in [-0.39, 0.29) is 17.4 Å². The molecule has 2 aliphatic carbocycles. The zero-order chi connectivity index (χ0) is 12.8.